The normalized spacial score (nSPS) is 16.5. The SMILES string of the molecule is O=C(c1ccccc1)N1CCC(C(=O)O)(n2cnc3ccccc32)CC1. The minimum Gasteiger partial charge on any atom is -0.479 e. The number of hydrogen-bond donors (Lipinski definition) is 1. The lowest BCUT2D eigenvalue weighted by atomic mass is 9.86. The molecule has 0 aliphatic carbocycles. The Bertz CT molecular complexity index is 957. The number of likely N-dealkylation sites (tertiary alicyclic amines) is 1. The number of piperidine rings is 1. The molecule has 1 aromatic heterocycles. The lowest BCUT2D eigenvalue weighted by Gasteiger charge is -2.40. The van der Waals surface area contributed by atoms with Crippen LogP contribution in [0.3, 0.4) is 0 Å². The van der Waals surface area contributed by atoms with Gasteiger partial charge in [-0.15, -0.1) is 0 Å². The smallest absolute Gasteiger partial charge is 0.330 e. The summed E-state index contributed by atoms with van der Waals surface area (Å²) < 4.78 is 1.76. The molecule has 2 aromatic carbocycles. The number of para-hydroxylation sites is 2. The highest BCUT2D eigenvalue weighted by atomic mass is 16.4. The van der Waals surface area contributed by atoms with Gasteiger partial charge in [-0.2, -0.15) is 0 Å². The second kappa shape index (κ2) is 6.29. The van der Waals surface area contributed by atoms with Crippen LogP contribution >= 0.6 is 0 Å². The summed E-state index contributed by atoms with van der Waals surface area (Å²) >= 11 is 0. The molecule has 0 spiro atoms. The molecule has 2 heterocycles. The topological polar surface area (TPSA) is 75.4 Å². The second-order valence-electron chi connectivity index (χ2n) is 6.60. The Morgan fingerprint density at radius 1 is 0.962 bits per heavy atom. The van der Waals surface area contributed by atoms with Gasteiger partial charge in [-0.05, 0) is 37.1 Å². The number of imidazole rings is 1. The standard InChI is InChI=1S/C20H19N3O3/c24-18(15-6-2-1-3-7-15)22-12-10-20(11-13-22,19(25)26)23-14-21-16-8-4-5-9-17(16)23/h1-9,14H,10-13H2,(H,25,26). The van der Waals surface area contributed by atoms with Gasteiger partial charge in [-0.3, -0.25) is 4.79 Å². The maximum atomic E-state index is 12.6. The average molecular weight is 349 g/mol. The van der Waals surface area contributed by atoms with Gasteiger partial charge in [0, 0.05) is 18.7 Å². The molecule has 3 aromatic rings. The second-order valence-corrected chi connectivity index (χ2v) is 6.60. The number of hydrogen-bond acceptors (Lipinski definition) is 3. The number of fused-ring (bicyclic) bond motifs is 1. The van der Waals surface area contributed by atoms with Crippen LogP contribution in [0.25, 0.3) is 11.0 Å². The van der Waals surface area contributed by atoms with Gasteiger partial charge in [0.1, 0.15) is 5.54 Å². The molecule has 1 aliphatic heterocycles. The molecule has 0 atom stereocenters. The van der Waals surface area contributed by atoms with Crippen LogP contribution in [0.15, 0.2) is 60.9 Å². The van der Waals surface area contributed by atoms with E-state index < -0.39 is 11.5 Å². The molecule has 26 heavy (non-hydrogen) atoms. The first-order chi connectivity index (χ1) is 12.6. The molecule has 132 valence electrons. The number of carboxylic acid groups (broad SMARTS) is 1. The van der Waals surface area contributed by atoms with Gasteiger partial charge in [-0.25, -0.2) is 9.78 Å². The first-order valence-corrected chi connectivity index (χ1v) is 8.62. The molecule has 4 rings (SSSR count). The van der Waals surface area contributed by atoms with Gasteiger partial charge in [0.25, 0.3) is 5.91 Å². The van der Waals surface area contributed by atoms with E-state index in [9.17, 15) is 14.7 Å². The van der Waals surface area contributed by atoms with Gasteiger partial charge in [0.15, 0.2) is 0 Å². The number of rotatable bonds is 3. The van der Waals surface area contributed by atoms with Crippen LogP contribution in [0.2, 0.25) is 0 Å². The Morgan fingerprint density at radius 2 is 1.62 bits per heavy atom. The zero-order chi connectivity index (χ0) is 18.1. The fraction of sp³-hybridized carbons (Fsp3) is 0.250. The number of carbonyl (C=O) groups excluding carboxylic acids is 1. The van der Waals surface area contributed by atoms with Crippen LogP contribution in [0.5, 0.6) is 0 Å². The van der Waals surface area contributed by atoms with E-state index in [0.29, 0.717) is 31.5 Å². The van der Waals surface area contributed by atoms with Crippen molar-refractivity contribution in [3.05, 3.63) is 66.5 Å². The number of aliphatic carboxylic acids is 1. The Morgan fingerprint density at radius 3 is 2.31 bits per heavy atom. The van der Waals surface area contributed by atoms with E-state index in [0.717, 1.165) is 11.0 Å². The van der Waals surface area contributed by atoms with E-state index in [1.54, 1.807) is 27.9 Å². The number of nitrogens with zero attached hydrogens (tertiary/aromatic N) is 3. The molecule has 1 saturated heterocycles. The van der Waals surface area contributed by atoms with Gasteiger partial charge in [-0.1, -0.05) is 30.3 Å². The number of amides is 1. The van der Waals surface area contributed by atoms with Crippen molar-refractivity contribution in [2.75, 3.05) is 13.1 Å². The van der Waals surface area contributed by atoms with Crippen LogP contribution in [-0.4, -0.2) is 44.5 Å². The lowest BCUT2D eigenvalue weighted by Crippen LogP contribution is -2.52. The van der Waals surface area contributed by atoms with Crippen LogP contribution in [0, 0.1) is 0 Å². The molecule has 0 saturated carbocycles. The molecule has 0 unspecified atom stereocenters. The number of carbonyl (C=O) groups is 2. The van der Waals surface area contributed by atoms with Gasteiger partial charge >= 0.3 is 5.97 Å². The van der Waals surface area contributed by atoms with E-state index in [1.165, 1.54) is 0 Å². The van der Waals surface area contributed by atoms with Crippen LogP contribution in [0.4, 0.5) is 0 Å². The van der Waals surface area contributed by atoms with Crippen LogP contribution in [0.1, 0.15) is 23.2 Å². The summed E-state index contributed by atoms with van der Waals surface area (Å²) in [5, 5.41) is 10.0. The van der Waals surface area contributed by atoms with E-state index in [2.05, 4.69) is 4.98 Å². The van der Waals surface area contributed by atoms with Gasteiger partial charge in [0.2, 0.25) is 0 Å². The Labute approximate surface area is 150 Å². The van der Waals surface area contributed by atoms with E-state index in [1.807, 2.05) is 42.5 Å². The average Bonchev–Trinajstić information content (AvgIpc) is 3.12. The highest BCUT2D eigenvalue weighted by Gasteiger charge is 2.44. The van der Waals surface area contributed by atoms with Crippen molar-refractivity contribution < 1.29 is 14.7 Å². The summed E-state index contributed by atoms with van der Waals surface area (Å²) in [5.74, 6) is -0.937. The summed E-state index contributed by atoms with van der Waals surface area (Å²) in [5.41, 5.74) is 1.13. The van der Waals surface area contributed by atoms with Crippen molar-refractivity contribution in [2.24, 2.45) is 0 Å². The highest BCUT2D eigenvalue weighted by Crippen LogP contribution is 2.34. The molecule has 6 nitrogen and oxygen atoms in total. The summed E-state index contributed by atoms with van der Waals surface area (Å²) in [6.45, 7) is 0.791. The van der Waals surface area contributed by atoms with Crippen molar-refractivity contribution in [2.45, 2.75) is 18.4 Å². The highest BCUT2D eigenvalue weighted by molar-refractivity contribution is 5.94. The summed E-state index contributed by atoms with van der Waals surface area (Å²) in [4.78, 5) is 30.9. The third-order valence-corrected chi connectivity index (χ3v) is 5.21. The molecule has 1 fully saturated rings. The quantitative estimate of drug-likeness (QED) is 0.789. The number of benzene rings is 2. The molecule has 1 aliphatic rings. The van der Waals surface area contributed by atoms with Crippen LogP contribution < -0.4 is 0 Å². The minimum absolute atomic E-state index is 0.0555. The largest absolute Gasteiger partial charge is 0.479 e. The Balaban J connectivity index is 1.62. The third kappa shape index (κ3) is 2.54. The van der Waals surface area contributed by atoms with E-state index >= 15 is 0 Å². The summed E-state index contributed by atoms with van der Waals surface area (Å²) in [6.07, 6.45) is 2.30. The maximum Gasteiger partial charge on any atom is 0.330 e. The number of aromatic nitrogens is 2. The minimum atomic E-state index is -1.08. The van der Waals surface area contributed by atoms with Crippen LogP contribution in [-0.2, 0) is 10.3 Å². The first-order valence-electron chi connectivity index (χ1n) is 8.62. The predicted molar refractivity (Wildman–Crippen MR) is 96.9 cm³/mol. The van der Waals surface area contributed by atoms with Gasteiger partial charge < -0.3 is 14.6 Å². The van der Waals surface area contributed by atoms with Crippen molar-refractivity contribution in [1.82, 2.24) is 14.5 Å². The first kappa shape index (κ1) is 16.3. The molecule has 6 heteroatoms. The van der Waals surface area contributed by atoms with Gasteiger partial charge in [0.05, 0.1) is 17.4 Å². The lowest BCUT2D eigenvalue weighted by molar-refractivity contribution is -0.149. The monoisotopic (exact) mass is 349 g/mol. The fourth-order valence-electron chi connectivity index (χ4n) is 3.70. The molecule has 1 N–H and O–H groups in total. The van der Waals surface area contributed by atoms with E-state index in [-0.39, 0.29) is 5.91 Å². The summed E-state index contributed by atoms with van der Waals surface area (Å²) in [7, 11) is 0. The zero-order valence-corrected chi connectivity index (χ0v) is 14.2. The molecule has 0 radical (unpaired) electrons. The Kier molecular flexibility index (Phi) is 3.95. The maximum absolute atomic E-state index is 12.6. The van der Waals surface area contributed by atoms with Crippen molar-refractivity contribution in [3.8, 4) is 0 Å². The van der Waals surface area contributed by atoms with Crippen molar-refractivity contribution in [3.63, 3.8) is 0 Å². The third-order valence-electron chi connectivity index (χ3n) is 5.21. The molecule has 0 bridgehead atoms. The molecular weight excluding hydrogens is 330 g/mol. The molecule has 1 amide bonds. The van der Waals surface area contributed by atoms with E-state index in [4.69, 9.17) is 0 Å². The Hall–Kier alpha value is -3.15. The van der Waals surface area contributed by atoms with Crippen molar-refractivity contribution >= 4 is 22.9 Å². The zero-order valence-electron chi connectivity index (χ0n) is 14.2. The molecular formula is C20H19N3O3. The number of carboxylic acids is 1. The fourth-order valence-corrected chi connectivity index (χ4v) is 3.70. The predicted octanol–water partition coefficient (Wildman–Crippen LogP) is 2.75. The van der Waals surface area contributed by atoms with Crippen molar-refractivity contribution in [1.29, 1.82) is 0 Å². The summed E-state index contributed by atoms with van der Waals surface area (Å²) in [6, 6.07) is 16.6.